The fraction of sp³-hybridized carbons (Fsp3) is 0.375. The molecule has 2 atom stereocenters. The van der Waals surface area contributed by atoms with E-state index in [1.165, 1.54) is 0 Å². The summed E-state index contributed by atoms with van der Waals surface area (Å²) in [6.07, 6.45) is -0.263. The molecule has 4 heterocycles. The second-order valence-electron chi connectivity index (χ2n) is 6.40. The summed E-state index contributed by atoms with van der Waals surface area (Å²) in [5, 5.41) is 25.0. The monoisotopic (exact) mass is 389 g/mol. The first-order valence-corrected chi connectivity index (χ1v) is 8.38. The molecule has 0 aliphatic carbocycles. The van der Waals surface area contributed by atoms with Gasteiger partial charge in [-0.1, -0.05) is 0 Å². The second-order valence-corrected chi connectivity index (χ2v) is 6.40. The third-order valence-corrected chi connectivity index (χ3v) is 4.35. The molecule has 1 aromatic rings. The molecule has 0 aromatic carbocycles. The number of pyridine rings is 1. The number of ether oxygens (including phenoxy) is 2. The summed E-state index contributed by atoms with van der Waals surface area (Å²) in [7, 11) is 0. The topological polar surface area (TPSA) is 186 Å². The van der Waals surface area contributed by atoms with Crippen LogP contribution in [0.4, 0.5) is 0 Å². The Bertz CT molecular complexity index is 936. The average molecular weight is 389 g/mol. The number of rotatable bonds is 7. The lowest BCUT2D eigenvalue weighted by molar-refractivity contribution is 0.0685. The van der Waals surface area contributed by atoms with Crippen LogP contribution in [0.2, 0.25) is 0 Å². The van der Waals surface area contributed by atoms with E-state index < -0.39 is 46.1 Å². The first kappa shape index (κ1) is 18.0. The number of aromatic nitrogens is 1. The summed E-state index contributed by atoms with van der Waals surface area (Å²) in [6, 6.07) is 0. The van der Waals surface area contributed by atoms with Crippen molar-refractivity contribution >= 4 is 29.5 Å². The minimum Gasteiger partial charge on any atom is -0.478 e. The van der Waals surface area contributed by atoms with E-state index >= 15 is 0 Å². The lowest BCUT2D eigenvalue weighted by atomic mass is 9.97. The van der Waals surface area contributed by atoms with Gasteiger partial charge in [0.05, 0.1) is 42.1 Å². The van der Waals surface area contributed by atoms with Gasteiger partial charge in [-0.15, -0.1) is 0 Å². The lowest BCUT2D eigenvalue weighted by Gasteiger charge is -2.15. The second kappa shape index (κ2) is 6.65. The third-order valence-electron chi connectivity index (χ3n) is 4.35. The number of amidine groups is 1. The molecule has 28 heavy (non-hydrogen) atoms. The molecule has 3 aliphatic rings. The van der Waals surface area contributed by atoms with Crippen LogP contribution in [-0.4, -0.2) is 78.1 Å². The highest BCUT2D eigenvalue weighted by molar-refractivity contribution is 6.26. The predicted molar refractivity (Wildman–Crippen MR) is 89.6 cm³/mol. The van der Waals surface area contributed by atoms with Crippen molar-refractivity contribution in [1.82, 2.24) is 20.9 Å². The number of carboxylic acids is 1. The Hall–Kier alpha value is -3.38. The maximum absolute atomic E-state index is 12.7. The Kier molecular flexibility index (Phi) is 4.28. The molecule has 2 fully saturated rings. The van der Waals surface area contributed by atoms with Gasteiger partial charge in [0.15, 0.2) is 0 Å². The van der Waals surface area contributed by atoms with E-state index in [9.17, 15) is 24.3 Å². The molecule has 2 saturated heterocycles. The summed E-state index contributed by atoms with van der Waals surface area (Å²) < 4.78 is 10.0. The molecule has 12 heteroatoms. The number of hydrogen-bond acceptors (Lipinski definition) is 8. The summed E-state index contributed by atoms with van der Waals surface area (Å²) in [5.74, 6) is -4.63. The number of fused-ring (bicyclic) bond motifs is 1. The standard InChI is InChI=1S/C16H15N5O7/c17-12(18-1-5-3-27-5)10-8(13(22)19-2-6-4-28-6)7(16(25)26)9-11(20-10)15(24)21-14(9)23/h5-6H,1-4H2,(H2,17,18)(H,19,22)(H,25,26)(H,21,23,24). The van der Waals surface area contributed by atoms with Gasteiger partial charge in [-0.05, 0) is 0 Å². The number of hydrogen-bond donors (Lipinski definition) is 5. The van der Waals surface area contributed by atoms with Gasteiger partial charge in [0.1, 0.15) is 17.2 Å². The zero-order valence-corrected chi connectivity index (χ0v) is 14.3. The summed E-state index contributed by atoms with van der Waals surface area (Å²) in [6.45, 7) is 1.37. The molecule has 2 unspecified atom stereocenters. The molecular weight excluding hydrogens is 374 g/mol. The van der Waals surface area contributed by atoms with Crippen LogP contribution in [0.1, 0.15) is 47.3 Å². The third kappa shape index (κ3) is 3.30. The van der Waals surface area contributed by atoms with Gasteiger partial charge in [-0.3, -0.25) is 25.1 Å². The maximum Gasteiger partial charge on any atom is 0.337 e. The molecule has 0 saturated carbocycles. The van der Waals surface area contributed by atoms with Crippen LogP contribution in [0.25, 0.3) is 0 Å². The van der Waals surface area contributed by atoms with Gasteiger partial charge in [0.2, 0.25) is 0 Å². The van der Waals surface area contributed by atoms with E-state index in [2.05, 4.69) is 15.6 Å². The number of imide groups is 1. The first-order valence-electron chi connectivity index (χ1n) is 8.38. The van der Waals surface area contributed by atoms with Crippen molar-refractivity contribution in [1.29, 1.82) is 5.41 Å². The maximum atomic E-state index is 12.7. The van der Waals surface area contributed by atoms with E-state index in [0.29, 0.717) is 13.2 Å². The number of amides is 3. The van der Waals surface area contributed by atoms with Gasteiger partial charge in [-0.2, -0.15) is 0 Å². The van der Waals surface area contributed by atoms with Gasteiger partial charge < -0.3 is 25.2 Å². The van der Waals surface area contributed by atoms with Crippen molar-refractivity contribution in [3.05, 3.63) is 28.1 Å². The smallest absolute Gasteiger partial charge is 0.337 e. The average Bonchev–Trinajstić information content (AvgIpc) is 3.56. The number of carbonyl (C=O) groups is 4. The summed E-state index contributed by atoms with van der Waals surface area (Å²) >= 11 is 0. The van der Waals surface area contributed by atoms with E-state index in [1.807, 2.05) is 5.32 Å². The van der Waals surface area contributed by atoms with Crippen molar-refractivity contribution in [2.24, 2.45) is 0 Å². The van der Waals surface area contributed by atoms with Crippen LogP contribution in [0.3, 0.4) is 0 Å². The molecule has 4 rings (SSSR count). The van der Waals surface area contributed by atoms with E-state index in [1.54, 1.807) is 0 Å². The van der Waals surface area contributed by atoms with Crippen LogP contribution in [0.15, 0.2) is 0 Å². The SMILES string of the molecule is N=C(NCC1CO1)c1nc2c(c(C(=O)O)c1C(=O)NCC1CO1)C(=O)NC2=O. The Morgan fingerprint density at radius 1 is 1.11 bits per heavy atom. The molecular formula is C16H15N5O7. The predicted octanol–water partition coefficient (Wildman–Crippen LogP) is -1.89. The van der Waals surface area contributed by atoms with Crippen molar-refractivity contribution in [3.8, 4) is 0 Å². The van der Waals surface area contributed by atoms with Gasteiger partial charge in [0, 0.05) is 13.1 Å². The van der Waals surface area contributed by atoms with Crippen molar-refractivity contribution in [3.63, 3.8) is 0 Å². The molecule has 5 N–H and O–H groups in total. The van der Waals surface area contributed by atoms with Crippen molar-refractivity contribution in [2.75, 3.05) is 26.3 Å². The zero-order valence-electron chi connectivity index (χ0n) is 14.3. The quantitative estimate of drug-likeness (QED) is 0.154. The fourth-order valence-corrected chi connectivity index (χ4v) is 2.78. The van der Waals surface area contributed by atoms with Crippen LogP contribution < -0.4 is 16.0 Å². The highest BCUT2D eigenvalue weighted by atomic mass is 16.6. The number of nitrogens with zero attached hydrogens (tertiary/aromatic N) is 1. The molecule has 3 aliphatic heterocycles. The van der Waals surface area contributed by atoms with Crippen LogP contribution in [0, 0.1) is 5.41 Å². The number of carboxylic acid groups (broad SMARTS) is 1. The van der Waals surface area contributed by atoms with E-state index in [-0.39, 0.29) is 36.8 Å². The molecule has 0 radical (unpaired) electrons. The molecule has 0 bridgehead atoms. The van der Waals surface area contributed by atoms with Crippen LogP contribution >= 0.6 is 0 Å². The molecule has 146 valence electrons. The number of epoxide rings is 2. The highest BCUT2D eigenvalue weighted by Gasteiger charge is 2.39. The van der Waals surface area contributed by atoms with Gasteiger partial charge >= 0.3 is 5.97 Å². The van der Waals surface area contributed by atoms with Gasteiger partial charge in [-0.25, -0.2) is 9.78 Å². The molecule has 3 amide bonds. The minimum absolute atomic E-state index is 0.0945. The minimum atomic E-state index is -1.59. The first-order chi connectivity index (χ1) is 13.4. The fourth-order valence-electron chi connectivity index (χ4n) is 2.78. The normalized spacial score (nSPS) is 21.6. The summed E-state index contributed by atoms with van der Waals surface area (Å²) in [5.41, 5.74) is -2.41. The molecule has 1 aromatic heterocycles. The van der Waals surface area contributed by atoms with Gasteiger partial charge in [0.25, 0.3) is 17.7 Å². The van der Waals surface area contributed by atoms with E-state index in [4.69, 9.17) is 14.9 Å². The van der Waals surface area contributed by atoms with Crippen LogP contribution in [-0.2, 0) is 9.47 Å². The van der Waals surface area contributed by atoms with E-state index in [0.717, 1.165) is 0 Å². The zero-order chi connectivity index (χ0) is 20.0. The molecule has 0 spiro atoms. The summed E-state index contributed by atoms with van der Waals surface area (Å²) in [4.78, 5) is 52.7. The highest BCUT2D eigenvalue weighted by Crippen LogP contribution is 2.25. The van der Waals surface area contributed by atoms with Crippen LogP contribution in [0.5, 0.6) is 0 Å². The number of nitrogens with one attached hydrogen (secondary N) is 4. The lowest BCUT2D eigenvalue weighted by Crippen LogP contribution is -2.36. The molecule has 12 nitrogen and oxygen atoms in total. The Morgan fingerprint density at radius 3 is 2.29 bits per heavy atom. The largest absolute Gasteiger partial charge is 0.478 e. The Balaban J connectivity index is 1.80. The Labute approximate surface area is 157 Å². The number of carbonyl (C=O) groups excluding carboxylic acids is 3. The van der Waals surface area contributed by atoms with Crippen molar-refractivity contribution < 1.29 is 33.8 Å². The number of aromatic carboxylic acids is 1. The Morgan fingerprint density at radius 2 is 1.71 bits per heavy atom. The van der Waals surface area contributed by atoms with Crippen molar-refractivity contribution in [2.45, 2.75) is 12.2 Å².